The van der Waals surface area contributed by atoms with Gasteiger partial charge in [-0.1, -0.05) is 12.1 Å². The van der Waals surface area contributed by atoms with E-state index in [-0.39, 0.29) is 24.7 Å². The van der Waals surface area contributed by atoms with Crippen molar-refractivity contribution in [3.8, 4) is 0 Å². The summed E-state index contributed by atoms with van der Waals surface area (Å²) in [5.74, 6) is -2.16. The molecular formula is C28H23F8N3O2. The fourth-order valence-corrected chi connectivity index (χ4v) is 4.78. The summed E-state index contributed by atoms with van der Waals surface area (Å²) in [7, 11) is 2.35. The number of alkyl halides is 6. The van der Waals surface area contributed by atoms with Crippen molar-refractivity contribution in [1.29, 1.82) is 0 Å². The predicted octanol–water partition coefficient (Wildman–Crippen LogP) is 6.80. The summed E-state index contributed by atoms with van der Waals surface area (Å²) >= 11 is 0. The SMILES string of the molecule is CN(C(=O)N(C)C1CN(C(=O)c2ccc(F)cc2)CC1c1ccc(F)cc1)c1cc(C(F)(F)F)cc(C(F)(F)F)c1. The topological polar surface area (TPSA) is 43.9 Å². The molecule has 0 radical (unpaired) electrons. The molecule has 13 heteroatoms. The number of nitrogens with zero attached hydrogens (tertiary/aromatic N) is 3. The van der Waals surface area contributed by atoms with Gasteiger partial charge in [0, 0.05) is 44.4 Å². The number of amides is 3. The lowest BCUT2D eigenvalue weighted by Crippen LogP contribution is -2.47. The van der Waals surface area contributed by atoms with Crippen molar-refractivity contribution in [3.05, 3.63) is 101 Å². The van der Waals surface area contributed by atoms with Gasteiger partial charge in [0.2, 0.25) is 0 Å². The highest BCUT2D eigenvalue weighted by Crippen LogP contribution is 2.39. The third-order valence-corrected chi connectivity index (χ3v) is 7.01. The Balaban J connectivity index is 1.66. The monoisotopic (exact) mass is 585 g/mol. The number of halogens is 8. The number of hydrogen-bond acceptors (Lipinski definition) is 2. The molecule has 2 unspecified atom stereocenters. The van der Waals surface area contributed by atoms with Crippen LogP contribution in [0.5, 0.6) is 0 Å². The van der Waals surface area contributed by atoms with E-state index in [0.29, 0.717) is 22.6 Å². The Bertz CT molecular complexity index is 1390. The van der Waals surface area contributed by atoms with Crippen molar-refractivity contribution in [2.24, 2.45) is 0 Å². The molecule has 3 amide bonds. The largest absolute Gasteiger partial charge is 0.416 e. The molecule has 0 aliphatic carbocycles. The Labute approximate surface area is 229 Å². The number of rotatable bonds is 4. The maximum absolute atomic E-state index is 13.6. The van der Waals surface area contributed by atoms with E-state index in [1.807, 2.05) is 0 Å². The fraction of sp³-hybridized carbons (Fsp3) is 0.286. The Morgan fingerprint density at radius 2 is 1.24 bits per heavy atom. The molecule has 3 aromatic rings. The lowest BCUT2D eigenvalue weighted by Gasteiger charge is -2.33. The highest BCUT2D eigenvalue weighted by molar-refractivity contribution is 5.95. The molecule has 2 atom stereocenters. The van der Waals surface area contributed by atoms with Crippen molar-refractivity contribution >= 4 is 17.6 Å². The molecule has 0 saturated carbocycles. The molecule has 1 fully saturated rings. The van der Waals surface area contributed by atoms with E-state index in [1.54, 1.807) is 0 Å². The quantitative estimate of drug-likeness (QED) is 0.316. The predicted molar refractivity (Wildman–Crippen MR) is 133 cm³/mol. The Hall–Kier alpha value is -4.16. The molecule has 0 N–H and O–H groups in total. The van der Waals surface area contributed by atoms with E-state index in [4.69, 9.17) is 0 Å². The van der Waals surface area contributed by atoms with Gasteiger partial charge in [-0.15, -0.1) is 0 Å². The molecule has 1 saturated heterocycles. The second-order valence-electron chi connectivity index (χ2n) is 9.66. The molecule has 1 aliphatic rings. The molecule has 4 rings (SSSR count). The summed E-state index contributed by atoms with van der Waals surface area (Å²) in [6, 6.07) is 9.18. The van der Waals surface area contributed by atoms with Gasteiger partial charge in [0.25, 0.3) is 5.91 Å². The van der Waals surface area contributed by atoms with Crippen LogP contribution < -0.4 is 4.90 Å². The first kappa shape index (κ1) is 29.8. The summed E-state index contributed by atoms with van der Waals surface area (Å²) < 4.78 is 107. The van der Waals surface area contributed by atoms with E-state index in [9.17, 15) is 44.7 Å². The van der Waals surface area contributed by atoms with Crippen molar-refractivity contribution in [3.63, 3.8) is 0 Å². The van der Waals surface area contributed by atoms with Gasteiger partial charge in [0.1, 0.15) is 11.6 Å². The zero-order valence-corrected chi connectivity index (χ0v) is 21.6. The lowest BCUT2D eigenvalue weighted by molar-refractivity contribution is -0.143. The molecule has 3 aromatic carbocycles. The first-order valence-corrected chi connectivity index (χ1v) is 12.2. The van der Waals surface area contributed by atoms with Gasteiger partial charge in [0.15, 0.2) is 0 Å². The van der Waals surface area contributed by atoms with Crippen LogP contribution in [0.25, 0.3) is 0 Å². The van der Waals surface area contributed by atoms with Gasteiger partial charge in [-0.25, -0.2) is 13.6 Å². The smallest absolute Gasteiger partial charge is 0.336 e. The number of likely N-dealkylation sites (tertiary alicyclic amines) is 1. The van der Waals surface area contributed by atoms with Crippen LogP contribution in [-0.2, 0) is 12.4 Å². The van der Waals surface area contributed by atoms with Crippen LogP contribution >= 0.6 is 0 Å². The normalized spacial score (nSPS) is 17.5. The van der Waals surface area contributed by atoms with Crippen molar-refractivity contribution < 1.29 is 44.7 Å². The van der Waals surface area contributed by atoms with Gasteiger partial charge in [-0.2, -0.15) is 26.3 Å². The summed E-state index contributed by atoms with van der Waals surface area (Å²) in [5.41, 5.74) is -3.08. The minimum atomic E-state index is -5.11. The van der Waals surface area contributed by atoms with Crippen LogP contribution in [0.4, 0.5) is 45.6 Å². The van der Waals surface area contributed by atoms with Crippen LogP contribution in [0, 0.1) is 11.6 Å². The van der Waals surface area contributed by atoms with Crippen LogP contribution in [0.1, 0.15) is 33.0 Å². The van der Waals surface area contributed by atoms with E-state index in [1.165, 1.54) is 48.3 Å². The van der Waals surface area contributed by atoms with Gasteiger partial charge in [-0.3, -0.25) is 9.69 Å². The number of hydrogen-bond donors (Lipinski definition) is 0. The Kier molecular flexibility index (Phi) is 8.01. The van der Waals surface area contributed by atoms with Crippen LogP contribution in [0.2, 0.25) is 0 Å². The zero-order valence-electron chi connectivity index (χ0n) is 21.6. The first-order chi connectivity index (χ1) is 19.1. The Morgan fingerprint density at radius 1 is 0.756 bits per heavy atom. The third-order valence-electron chi connectivity index (χ3n) is 7.01. The van der Waals surface area contributed by atoms with Gasteiger partial charge >= 0.3 is 18.4 Å². The molecule has 5 nitrogen and oxygen atoms in total. The molecule has 218 valence electrons. The van der Waals surface area contributed by atoms with Gasteiger partial charge < -0.3 is 9.80 Å². The highest BCUT2D eigenvalue weighted by atomic mass is 19.4. The molecule has 0 spiro atoms. The molecule has 41 heavy (non-hydrogen) atoms. The van der Waals surface area contributed by atoms with E-state index in [0.717, 1.165) is 24.1 Å². The molecule has 0 bridgehead atoms. The number of carbonyl (C=O) groups is 2. The summed E-state index contributed by atoms with van der Waals surface area (Å²) in [6.45, 7) is -0.0135. The standard InChI is InChI=1S/C28H23F8N3O2/c1-37(22-12-18(27(31,32)33)11-19(13-22)28(34,35)36)26(41)38(2)24-15-39(25(40)17-5-9-21(30)10-6-17)14-23(24)16-3-7-20(29)8-4-16/h3-13,23-24H,14-15H2,1-2H3. The zero-order chi connectivity index (χ0) is 30.3. The summed E-state index contributed by atoms with van der Waals surface area (Å²) in [5, 5.41) is 0. The molecule has 0 aromatic heterocycles. The number of likely N-dealkylation sites (N-methyl/N-ethyl adjacent to an activating group) is 1. The fourth-order valence-electron chi connectivity index (χ4n) is 4.78. The van der Waals surface area contributed by atoms with Gasteiger partial charge in [-0.05, 0) is 60.2 Å². The summed E-state index contributed by atoms with van der Waals surface area (Å²) in [6.07, 6.45) is -10.2. The van der Waals surface area contributed by atoms with Crippen molar-refractivity contribution in [1.82, 2.24) is 9.80 Å². The van der Waals surface area contributed by atoms with E-state index < -0.39 is 64.7 Å². The number of anilines is 1. The number of urea groups is 1. The second-order valence-corrected chi connectivity index (χ2v) is 9.66. The maximum Gasteiger partial charge on any atom is 0.416 e. The van der Waals surface area contributed by atoms with Crippen LogP contribution in [0.3, 0.4) is 0 Å². The summed E-state index contributed by atoms with van der Waals surface area (Å²) in [4.78, 5) is 29.8. The van der Waals surface area contributed by atoms with Crippen LogP contribution in [-0.4, -0.2) is 55.0 Å². The average molecular weight is 585 g/mol. The highest BCUT2D eigenvalue weighted by Gasteiger charge is 2.42. The Morgan fingerprint density at radius 3 is 1.73 bits per heavy atom. The molecule has 1 aliphatic heterocycles. The lowest BCUT2D eigenvalue weighted by atomic mass is 9.93. The molecule has 1 heterocycles. The minimum absolute atomic E-state index is 0.0357. The number of carbonyl (C=O) groups excluding carboxylic acids is 2. The van der Waals surface area contributed by atoms with E-state index in [2.05, 4.69) is 0 Å². The van der Waals surface area contributed by atoms with Crippen LogP contribution in [0.15, 0.2) is 66.7 Å². The maximum atomic E-state index is 13.6. The third kappa shape index (κ3) is 6.44. The van der Waals surface area contributed by atoms with Gasteiger partial charge in [0.05, 0.1) is 17.2 Å². The minimum Gasteiger partial charge on any atom is -0.336 e. The number of benzene rings is 3. The molecular weight excluding hydrogens is 562 g/mol. The van der Waals surface area contributed by atoms with Crippen molar-refractivity contribution in [2.45, 2.75) is 24.3 Å². The first-order valence-electron chi connectivity index (χ1n) is 12.2. The average Bonchev–Trinajstić information content (AvgIpc) is 3.36. The van der Waals surface area contributed by atoms with Crippen molar-refractivity contribution in [2.75, 3.05) is 32.1 Å². The van der Waals surface area contributed by atoms with E-state index >= 15 is 0 Å². The second kappa shape index (κ2) is 11.0.